The van der Waals surface area contributed by atoms with Crippen LogP contribution < -0.4 is 0 Å². The van der Waals surface area contributed by atoms with E-state index >= 15 is 0 Å². The Hall–Kier alpha value is -0.550. The molecule has 0 saturated heterocycles. The third kappa shape index (κ3) is 3.99. The van der Waals surface area contributed by atoms with E-state index < -0.39 is 10.4 Å². The molecule has 0 amide bonds. The van der Waals surface area contributed by atoms with Gasteiger partial charge >= 0.3 is 10.4 Å². The van der Waals surface area contributed by atoms with Gasteiger partial charge in [-0.1, -0.05) is 6.58 Å². The van der Waals surface area contributed by atoms with Crippen LogP contribution in [0.25, 0.3) is 0 Å². The zero-order valence-electron chi connectivity index (χ0n) is 5.03. The molecule has 5 heteroatoms. The Morgan fingerprint density at radius 2 is 2.22 bits per heavy atom. The fraction of sp³-hybridized carbons (Fsp3) is 0.500. The van der Waals surface area contributed by atoms with E-state index in [1.807, 2.05) is 0 Å². The second-order valence-corrected chi connectivity index (χ2v) is 2.32. The highest BCUT2D eigenvalue weighted by Gasteiger charge is 2.06. The van der Waals surface area contributed by atoms with Crippen LogP contribution in [0, 0.1) is 0 Å². The molecule has 0 unspecified atom stereocenters. The first kappa shape index (κ1) is 8.45. The smallest absolute Gasteiger partial charge is 0.370 e. The van der Waals surface area contributed by atoms with Crippen molar-refractivity contribution in [2.24, 2.45) is 0 Å². The molecule has 0 saturated carbocycles. The summed E-state index contributed by atoms with van der Waals surface area (Å²) in [6, 6.07) is 0. The highest BCUT2D eigenvalue weighted by molar-refractivity contribution is 7.81. The van der Waals surface area contributed by atoms with Gasteiger partial charge in [0.2, 0.25) is 0 Å². The molecule has 0 aromatic carbocycles. The van der Waals surface area contributed by atoms with Crippen molar-refractivity contribution in [3.8, 4) is 0 Å². The van der Waals surface area contributed by atoms with Crippen molar-refractivity contribution in [2.45, 2.75) is 6.92 Å². The third-order valence-electron chi connectivity index (χ3n) is 0.448. The normalized spacial score (nSPS) is 10.8. The highest BCUT2D eigenvalue weighted by atomic mass is 32.3. The molecular weight excluding hydrogens is 144 g/mol. The van der Waals surface area contributed by atoms with Crippen LogP contribution in [0.15, 0.2) is 12.8 Å². The largest absolute Gasteiger partial charge is 0.448 e. The molecule has 0 aliphatic rings. The van der Waals surface area contributed by atoms with Crippen LogP contribution in [0.3, 0.4) is 0 Å². The molecule has 0 bridgehead atoms. The van der Waals surface area contributed by atoms with Gasteiger partial charge in [-0.3, -0.25) is 0 Å². The third-order valence-corrected chi connectivity index (χ3v) is 1.34. The molecule has 54 valence electrons. The minimum atomic E-state index is -3.80. The Morgan fingerprint density at radius 3 is 2.56 bits per heavy atom. The lowest BCUT2D eigenvalue weighted by atomic mass is 10.9. The summed E-state index contributed by atoms with van der Waals surface area (Å²) < 4.78 is 28.8. The fourth-order valence-electron chi connectivity index (χ4n) is 0.255. The highest BCUT2D eigenvalue weighted by Crippen LogP contribution is 1.93. The van der Waals surface area contributed by atoms with Gasteiger partial charge in [-0.25, -0.2) is 4.18 Å². The quantitative estimate of drug-likeness (QED) is 0.548. The summed E-state index contributed by atoms with van der Waals surface area (Å²) in [5.74, 6) is 0. The molecule has 0 aliphatic carbocycles. The zero-order valence-corrected chi connectivity index (χ0v) is 5.85. The van der Waals surface area contributed by atoms with E-state index in [1.165, 1.54) is 0 Å². The van der Waals surface area contributed by atoms with Gasteiger partial charge in [0, 0.05) is 0 Å². The summed E-state index contributed by atoms with van der Waals surface area (Å²) in [7, 11) is -3.80. The van der Waals surface area contributed by atoms with E-state index in [0.717, 1.165) is 6.26 Å². The van der Waals surface area contributed by atoms with Gasteiger partial charge in [-0.05, 0) is 6.92 Å². The lowest BCUT2D eigenvalue weighted by molar-refractivity contribution is 0.272. The van der Waals surface area contributed by atoms with Crippen molar-refractivity contribution in [3.63, 3.8) is 0 Å². The van der Waals surface area contributed by atoms with Crippen molar-refractivity contribution in [1.29, 1.82) is 0 Å². The molecular formula is C4H8O4S. The molecule has 0 radical (unpaired) electrons. The predicted octanol–water partition coefficient (Wildman–Crippen LogP) is 0.428. The van der Waals surface area contributed by atoms with Gasteiger partial charge in [-0.2, -0.15) is 8.42 Å². The molecule has 0 spiro atoms. The Bertz CT molecular complexity index is 169. The van der Waals surface area contributed by atoms with Crippen molar-refractivity contribution < 1.29 is 16.8 Å². The van der Waals surface area contributed by atoms with Gasteiger partial charge in [0.1, 0.15) is 6.26 Å². The first-order valence-corrected chi connectivity index (χ1v) is 3.64. The van der Waals surface area contributed by atoms with Crippen molar-refractivity contribution in [3.05, 3.63) is 12.8 Å². The standard InChI is InChI=1S/C4H8O4S/c1-3-7-9(5,6)8-4-2/h3H,1,4H2,2H3. The van der Waals surface area contributed by atoms with Gasteiger partial charge in [-0.15, -0.1) is 0 Å². The molecule has 9 heavy (non-hydrogen) atoms. The zero-order chi connectivity index (χ0) is 7.33. The monoisotopic (exact) mass is 152 g/mol. The number of rotatable bonds is 4. The van der Waals surface area contributed by atoms with Crippen LogP contribution in [0.4, 0.5) is 0 Å². The van der Waals surface area contributed by atoms with Crippen LogP contribution in [-0.2, 0) is 18.8 Å². The van der Waals surface area contributed by atoms with Crippen molar-refractivity contribution in [2.75, 3.05) is 6.61 Å². The van der Waals surface area contributed by atoms with Crippen LogP contribution >= 0.6 is 0 Å². The van der Waals surface area contributed by atoms with E-state index in [0.29, 0.717) is 0 Å². The second kappa shape index (κ2) is 3.47. The molecule has 0 rings (SSSR count). The van der Waals surface area contributed by atoms with Gasteiger partial charge < -0.3 is 4.18 Å². The average Bonchev–Trinajstić information content (AvgIpc) is 1.64. The van der Waals surface area contributed by atoms with E-state index in [-0.39, 0.29) is 6.61 Å². The lowest BCUT2D eigenvalue weighted by Crippen LogP contribution is -2.05. The number of hydrogen-bond acceptors (Lipinski definition) is 4. The summed E-state index contributed by atoms with van der Waals surface area (Å²) in [6.45, 7) is 4.66. The van der Waals surface area contributed by atoms with Crippen molar-refractivity contribution >= 4 is 10.4 Å². The topological polar surface area (TPSA) is 52.6 Å². The fourth-order valence-corrected chi connectivity index (χ4v) is 0.766. The van der Waals surface area contributed by atoms with Crippen molar-refractivity contribution in [1.82, 2.24) is 0 Å². The molecule has 4 nitrogen and oxygen atoms in total. The first-order chi connectivity index (χ1) is 4.12. The Morgan fingerprint density at radius 1 is 1.67 bits per heavy atom. The Labute approximate surface area is 54.4 Å². The molecule has 0 atom stereocenters. The minimum absolute atomic E-state index is 0.0656. The lowest BCUT2D eigenvalue weighted by Gasteiger charge is -1.97. The number of hydrogen-bond donors (Lipinski definition) is 0. The summed E-state index contributed by atoms with van der Waals surface area (Å²) in [5, 5.41) is 0. The average molecular weight is 152 g/mol. The molecule has 0 aromatic heterocycles. The summed E-state index contributed by atoms with van der Waals surface area (Å²) in [4.78, 5) is 0. The van der Waals surface area contributed by atoms with Gasteiger partial charge in [0.25, 0.3) is 0 Å². The molecule has 0 N–H and O–H groups in total. The SMILES string of the molecule is C=COS(=O)(=O)OCC. The summed E-state index contributed by atoms with van der Waals surface area (Å²) in [5.41, 5.74) is 0. The van der Waals surface area contributed by atoms with Crippen LogP contribution in [0.2, 0.25) is 0 Å². The van der Waals surface area contributed by atoms with E-state index in [9.17, 15) is 8.42 Å². The van der Waals surface area contributed by atoms with E-state index in [2.05, 4.69) is 14.9 Å². The van der Waals surface area contributed by atoms with E-state index in [4.69, 9.17) is 0 Å². The Balaban J connectivity index is 3.88. The summed E-state index contributed by atoms with van der Waals surface area (Å²) >= 11 is 0. The van der Waals surface area contributed by atoms with Crippen LogP contribution in [0.5, 0.6) is 0 Å². The maximum absolute atomic E-state index is 10.3. The molecule has 0 fully saturated rings. The molecule has 0 aliphatic heterocycles. The van der Waals surface area contributed by atoms with Crippen LogP contribution in [0.1, 0.15) is 6.92 Å². The second-order valence-electron chi connectivity index (χ2n) is 1.08. The molecule has 0 aromatic rings. The minimum Gasteiger partial charge on any atom is -0.370 e. The van der Waals surface area contributed by atoms with Crippen LogP contribution in [-0.4, -0.2) is 15.0 Å². The maximum atomic E-state index is 10.3. The molecule has 0 heterocycles. The summed E-state index contributed by atoms with van der Waals surface area (Å²) in [6.07, 6.45) is 0.797. The van der Waals surface area contributed by atoms with Gasteiger partial charge in [0.15, 0.2) is 0 Å². The van der Waals surface area contributed by atoms with Gasteiger partial charge in [0.05, 0.1) is 6.61 Å². The van der Waals surface area contributed by atoms with E-state index in [1.54, 1.807) is 6.92 Å². The predicted molar refractivity (Wildman–Crippen MR) is 31.8 cm³/mol. The maximum Gasteiger partial charge on any atom is 0.448 e. The first-order valence-electron chi connectivity index (χ1n) is 2.31. The Kier molecular flexibility index (Phi) is 3.26.